The van der Waals surface area contributed by atoms with Crippen molar-refractivity contribution in [2.45, 2.75) is 69.8 Å². The van der Waals surface area contributed by atoms with Crippen molar-refractivity contribution in [3.8, 4) is 0 Å². The summed E-state index contributed by atoms with van der Waals surface area (Å²) < 4.78 is 31.1. The van der Waals surface area contributed by atoms with Gasteiger partial charge in [0.15, 0.2) is 0 Å². The molecule has 0 unspecified atom stereocenters. The summed E-state index contributed by atoms with van der Waals surface area (Å²) in [7, 11) is -3.62. The van der Waals surface area contributed by atoms with Crippen LogP contribution in [0.4, 0.5) is 4.79 Å². The molecule has 2 amide bonds. The minimum absolute atomic E-state index is 0.0746. The number of carbonyl (C=O) groups excluding carboxylic acids is 2. The zero-order chi connectivity index (χ0) is 16.8. The Kier molecular flexibility index (Phi) is 4.18. The average Bonchev–Trinajstić information content (AvgIpc) is 3.20. The molecule has 2 atom stereocenters. The molecule has 0 aromatic carbocycles. The van der Waals surface area contributed by atoms with Crippen LogP contribution in [0.25, 0.3) is 0 Å². The van der Waals surface area contributed by atoms with Crippen LogP contribution in [0.5, 0.6) is 0 Å². The predicted octanol–water partition coefficient (Wildman–Crippen LogP) is 1.29. The van der Waals surface area contributed by atoms with Crippen molar-refractivity contribution in [3.63, 3.8) is 0 Å². The molecule has 0 aromatic rings. The SMILES string of the molecule is CC[C@H]1C[C@]1(NC(=O)OC(C)(C)C)C(=O)NS(=O)(=O)C1CC1. The third kappa shape index (κ3) is 3.71. The molecule has 22 heavy (non-hydrogen) atoms. The monoisotopic (exact) mass is 332 g/mol. The van der Waals surface area contributed by atoms with E-state index < -0.39 is 38.4 Å². The highest BCUT2D eigenvalue weighted by Crippen LogP contribution is 2.46. The van der Waals surface area contributed by atoms with Gasteiger partial charge in [0.05, 0.1) is 5.25 Å². The molecule has 8 heteroatoms. The summed E-state index contributed by atoms with van der Waals surface area (Å²) in [5.74, 6) is -0.730. The lowest BCUT2D eigenvalue weighted by molar-refractivity contribution is -0.122. The predicted molar refractivity (Wildman–Crippen MR) is 80.6 cm³/mol. The van der Waals surface area contributed by atoms with Crippen LogP contribution in [0.1, 0.15) is 53.4 Å². The molecule has 7 nitrogen and oxygen atoms in total. The first kappa shape index (κ1) is 17.1. The fourth-order valence-corrected chi connectivity index (χ4v) is 3.84. The number of sulfonamides is 1. The van der Waals surface area contributed by atoms with Crippen molar-refractivity contribution in [1.82, 2.24) is 10.0 Å². The van der Waals surface area contributed by atoms with Crippen LogP contribution >= 0.6 is 0 Å². The molecule has 0 heterocycles. The zero-order valence-electron chi connectivity index (χ0n) is 13.4. The van der Waals surface area contributed by atoms with Crippen molar-refractivity contribution in [1.29, 1.82) is 0 Å². The van der Waals surface area contributed by atoms with Crippen LogP contribution < -0.4 is 10.0 Å². The van der Waals surface area contributed by atoms with E-state index in [0.29, 0.717) is 25.7 Å². The lowest BCUT2D eigenvalue weighted by atomic mass is 10.1. The van der Waals surface area contributed by atoms with Crippen molar-refractivity contribution in [2.24, 2.45) is 5.92 Å². The van der Waals surface area contributed by atoms with Crippen LogP contribution in [0, 0.1) is 5.92 Å². The van der Waals surface area contributed by atoms with Crippen molar-refractivity contribution in [3.05, 3.63) is 0 Å². The standard InChI is InChI=1S/C14H24N2O5S/c1-5-9-8-14(9,15-12(18)21-13(2,3)4)11(17)16-22(19,20)10-6-7-10/h9-10H,5-8H2,1-4H3,(H,15,18)(H,16,17)/t9-,14+/m0/s1. The second kappa shape index (κ2) is 5.40. The van der Waals surface area contributed by atoms with E-state index in [1.807, 2.05) is 6.92 Å². The number of hydrogen-bond donors (Lipinski definition) is 2. The highest BCUT2D eigenvalue weighted by molar-refractivity contribution is 7.90. The van der Waals surface area contributed by atoms with Gasteiger partial charge in [-0.2, -0.15) is 0 Å². The molecular formula is C14H24N2O5S. The maximum absolute atomic E-state index is 12.4. The highest BCUT2D eigenvalue weighted by atomic mass is 32.2. The molecule has 0 aliphatic heterocycles. The summed E-state index contributed by atoms with van der Waals surface area (Å²) in [6, 6.07) is 0. The van der Waals surface area contributed by atoms with Gasteiger partial charge in [0.1, 0.15) is 11.1 Å². The number of amides is 2. The van der Waals surface area contributed by atoms with E-state index in [-0.39, 0.29) is 5.92 Å². The van der Waals surface area contributed by atoms with Gasteiger partial charge >= 0.3 is 6.09 Å². The Balaban J connectivity index is 2.05. The van der Waals surface area contributed by atoms with Crippen LogP contribution in [-0.2, 0) is 19.6 Å². The zero-order valence-corrected chi connectivity index (χ0v) is 14.2. The van der Waals surface area contributed by atoms with E-state index in [1.54, 1.807) is 20.8 Å². The minimum atomic E-state index is -3.62. The molecule has 0 bridgehead atoms. The van der Waals surface area contributed by atoms with E-state index in [0.717, 1.165) is 0 Å². The van der Waals surface area contributed by atoms with E-state index in [1.165, 1.54) is 0 Å². The number of carbonyl (C=O) groups is 2. The second-order valence-electron chi connectivity index (χ2n) is 7.08. The van der Waals surface area contributed by atoms with E-state index in [4.69, 9.17) is 4.74 Å². The first-order chi connectivity index (χ1) is 10.00. The summed E-state index contributed by atoms with van der Waals surface area (Å²) in [5, 5.41) is 2.09. The number of alkyl carbamates (subject to hydrolysis) is 1. The molecule has 2 fully saturated rings. The highest BCUT2D eigenvalue weighted by Gasteiger charge is 2.61. The van der Waals surface area contributed by atoms with Crippen molar-refractivity contribution in [2.75, 3.05) is 0 Å². The quantitative estimate of drug-likeness (QED) is 0.790. The number of nitrogens with one attached hydrogen (secondary N) is 2. The van der Waals surface area contributed by atoms with Gasteiger partial charge in [0, 0.05) is 0 Å². The Hall–Kier alpha value is -1.31. The second-order valence-corrected chi connectivity index (χ2v) is 9.04. The first-order valence-corrected chi connectivity index (χ1v) is 9.12. The fraction of sp³-hybridized carbons (Fsp3) is 0.857. The topological polar surface area (TPSA) is 102 Å². The maximum Gasteiger partial charge on any atom is 0.408 e. The van der Waals surface area contributed by atoms with Crippen LogP contribution in [0.15, 0.2) is 0 Å². The maximum atomic E-state index is 12.4. The Morgan fingerprint density at radius 1 is 1.27 bits per heavy atom. The Morgan fingerprint density at radius 3 is 2.27 bits per heavy atom. The van der Waals surface area contributed by atoms with Gasteiger partial charge in [-0.1, -0.05) is 13.3 Å². The Labute approximate surface area is 131 Å². The third-order valence-corrected chi connectivity index (χ3v) is 5.74. The lowest BCUT2D eigenvalue weighted by Crippen LogP contribution is -2.53. The Morgan fingerprint density at radius 2 is 1.86 bits per heavy atom. The van der Waals surface area contributed by atoms with E-state index in [9.17, 15) is 18.0 Å². The minimum Gasteiger partial charge on any atom is -0.444 e. The van der Waals surface area contributed by atoms with Gasteiger partial charge in [-0.3, -0.25) is 9.52 Å². The molecule has 0 saturated heterocycles. The van der Waals surface area contributed by atoms with Crippen LogP contribution in [0.2, 0.25) is 0 Å². The largest absolute Gasteiger partial charge is 0.444 e. The van der Waals surface area contributed by atoms with Gasteiger partial charge in [0.2, 0.25) is 10.0 Å². The Bertz CT molecular complexity index is 577. The average molecular weight is 332 g/mol. The van der Waals surface area contributed by atoms with Gasteiger partial charge in [-0.05, 0) is 46.0 Å². The van der Waals surface area contributed by atoms with Gasteiger partial charge in [-0.25, -0.2) is 13.2 Å². The van der Waals surface area contributed by atoms with Crippen LogP contribution in [0.3, 0.4) is 0 Å². The summed E-state index contributed by atoms with van der Waals surface area (Å²) in [6.07, 6.45) is 1.54. The molecule has 2 N–H and O–H groups in total. The molecule has 0 spiro atoms. The molecule has 126 valence electrons. The number of rotatable bonds is 5. The molecule has 0 radical (unpaired) electrons. The van der Waals surface area contributed by atoms with Gasteiger partial charge in [-0.15, -0.1) is 0 Å². The van der Waals surface area contributed by atoms with Crippen LogP contribution in [-0.4, -0.2) is 36.8 Å². The molecule has 2 aliphatic rings. The van der Waals surface area contributed by atoms with Crippen molar-refractivity contribution < 1.29 is 22.7 Å². The smallest absolute Gasteiger partial charge is 0.408 e. The van der Waals surface area contributed by atoms with Gasteiger partial charge in [0.25, 0.3) is 5.91 Å². The fourth-order valence-electron chi connectivity index (χ4n) is 2.48. The number of hydrogen-bond acceptors (Lipinski definition) is 5. The van der Waals surface area contributed by atoms with E-state index in [2.05, 4.69) is 10.0 Å². The van der Waals surface area contributed by atoms with Crippen molar-refractivity contribution >= 4 is 22.0 Å². The molecule has 0 aromatic heterocycles. The number of ether oxygens (including phenoxy) is 1. The van der Waals surface area contributed by atoms with E-state index >= 15 is 0 Å². The summed E-state index contributed by atoms with van der Waals surface area (Å²) in [6.45, 7) is 7.06. The molecule has 2 saturated carbocycles. The third-order valence-electron chi connectivity index (χ3n) is 3.93. The lowest BCUT2D eigenvalue weighted by Gasteiger charge is -2.23. The molecular weight excluding hydrogens is 308 g/mol. The first-order valence-electron chi connectivity index (χ1n) is 7.57. The summed E-state index contributed by atoms with van der Waals surface area (Å²) in [5.41, 5.74) is -1.85. The molecule has 2 rings (SSSR count). The molecule has 2 aliphatic carbocycles. The van der Waals surface area contributed by atoms with Gasteiger partial charge < -0.3 is 10.1 Å². The summed E-state index contributed by atoms with van der Waals surface area (Å²) in [4.78, 5) is 24.3. The summed E-state index contributed by atoms with van der Waals surface area (Å²) >= 11 is 0. The normalized spacial score (nSPS) is 27.9.